The second-order valence-electron chi connectivity index (χ2n) is 6.73. The predicted molar refractivity (Wildman–Crippen MR) is 101 cm³/mol. The van der Waals surface area contributed by atoms with Crippen molar-refractivity contribution in [3.8, 4) is 0 Å². The van der Waals surface area contributed by atoms with Crippen molar-refractivity contribution in [3.05, 3.63) is 12.2 Å². The molecule has 0 heterocycles. The smallest absolute Gasteiger partial charge is 0.217 e. The lowest BCUT2D eigenvalue weighted by molar-refractivity contribution is -0.120. The van der Waals surface area contributed by atoms with Crippen LogP contribution in [0, 0.1) is 0 Å². The molecule has 24 heavy (non-hydrogen) atoms. The van der Waals surface area contributed by atoms with Crippen LogP contribution in [-0.4, -0.2) is 34.9 Å². The summed E-state index contributed by atoms with van der Waals surface area (Å²) in [6, 6.07) is -0.615. The van der Waals surface area contributed by atoms with Crippen molar-refractivity contribution in [1.29, 1.82) is 0 Å². The summed E-state index contributed by atoms with van der Waals surface area (Å²) < 4.78 is 0. The molecule has 0 aliphatic heterocycles. The van der Waals surface area contributed by atoms with Crippen molar-refractivity contribution in [1.82, 2.24) is 5.32 Å². The molecule has 0 saturated carbocycles. The molecule has 0 aliphatic rings. The summed E-state index contributed by atoms with van der Waals surface area (Å²) >= 11 is 0. The van der Waals surface area contributed by atoms with Gasteiger partial charge in [-0.2, -0.15) is 0 Å². The minimum Gasteiger partial charge on any atom is -0.394 e. The number of amides is 1. The van der Waals surface area contributed by atoms with Gasteiger partial charge in [0, 0.05) is 6.92 Å². The van der Waals surface area contributed by atoms with E-state index >= 15 is 0 Å². The first-order valence-corrected chi connectivity index (χ1v) is 9.84. The number of nitrogens with one attached hydrogen (secondary N) is 1. The zero-order valence-corrected chi connectivity index (χ0v) is 15.8. The fourth-order valence-corrected chi connectivity index (χ4v) is 2.80. The summed E-state index contributed by atoms with van der Waals surface area (Å²) in [5.74, 6) is -0.244. The van der Waals surface area contributed by atoms with E-state index in [0.29, 0.717) is 0 Å². The van der Waals surface area contributed by atoms with Crippen LogP contribution in [0.4, 0.5) is 0 Å². The molecule has 0 fully saturated rings. The third kappa shape index (κ3) is 14.7. The molecule has 4 nitrogen and oxygen atoms in total. The molecular weight excluding hydrogens is 302 g/mol. The highest BCUT2D eigenvalue weighted by Gasteiger charge is 2.15. The molecule has 0 aromatic heterocycles. The number of allylic oxidation sites excluding steroid dienone is 1. The van der Waals surface area contributed by atoms with Gasteiger partial charge in [0.25, 0.3) is 0 Å². The number of carbonyl (C=O) groups excluding carboxylic acids is 1. The van der Waals surface area contributed by atoms with E-state index in [4.69, 9.17) is 5.11 Å². The van der Waals surface area contributed by atoms with Crippen LogP contribution >= 0.6 is 0 Å². The molecule has 0 aromatic rings. The zero-order valence-electron chi connectivity index (χ0n) is 15.8. The molecular formula is C20H39NO3. The summed E-state index contributed by atoms with van der Waals surface area (Å²) in [4.78, 5) is 10.9. The number of carbonyl (C=O) groups is 1. The van der Waals surface area contributed by atoms with Crippen molar-refractivity contribution >= 4 is 5.91 Å². The molecule has 0 bridgehead atoms. The first kappa shape index (κ1) is 23.1. The van der Waals surface area contributed by atoms with E-state index in [2.05, 4.69) is 12.2 Å². The topological polar surface area (TPSA) is 69.6 Å². The Labute approximate surface area is 148 Å². The lowest BCUT2D eigenvalue weighted by Crippen LogP contribution is -2.44. The molecule has 3 N–H and O–H groups in total. The molecule has 0 radical (unpaired) electrons. The first-order valence-electron chi connectivity index (χ1n) is 9.84. The number of hydrogen-bond acceptors (Lipinski definition) is 3. The van der Waals surface area contributed by atoms with E-state index in [9.17, 15) is 9.90 Å². The van der Waals surface area contributed by atoms with Crippen molar-refractivity contribution in [2.75, 3.05) is 6.61 Å². The van der Waals surface area contributed by atoms with E-state index in [1.807, 2.05) is 6.08 Å². The standard InChI is InChI=1S/C20H39NO3/c1-3-4-5-6-7-8-9-10-11-12-13-14-15-16-20(24)19(17-22)21-18(2)23/h15-16,19-20,22,24H,3-14,17H2,1-2H3,(H,21,23)/t19-,20+/m0/s1. The second kappa shape index (κ2) is 17.0. The molecule has 4 heteroatoms. The van der Waals surface area contributed by atoms with Crippen molar-refractivity contribution in [2.45, 2.75) is 103 Å². The highest BCUT2D eigenvalue weighted by atomic mass is 16.3. The van der Waals surface area contributed by atoms with Crippen LogP contribution in [0.2, 0.25) is 0 Å². The molecule has 0 aliphatic carbocycles. The molecule has 2 atom stereocenters. The highest BCUT2D eigenvalue weighted by Crippen LogP contribution is 2.12. The lowest BCUT2D eigenvalue weighted by atomic mass is 10.0. The van der Waals surface area contributed by atoms with Gasteiger partial charge in [0.05, 0.1) is 18.8 Å². The fraction of sp³-hybridized carbons (Fsp3) is 0.850. The largest absolute Gasteiger partial charge is 0.394 e. The monoisotopic (exact) mass is 341 g/mol. The first-order chi connectivity index (χ1) is 11.6. The van der Waals surface area contributed by atoms with E-state index in [-0.39, 0.29) is 12.5 Å². The van der Waals surface area contributed by atoms with Crippen LogP contribution in [0.1, 0.15) is 90.9 Å². The minimum atomic E-state index is -0.827. The number of unbranched alkanes of at least 4 members (excludes halogenated alkanes) is 11. The van der Waals surface area contributed by atoms with Crippen LogP contribution in [0.5, 0.6) is 0 Å². The number of hydrogen-bond donors (Lipinski definition) is 3. The number of rotatable bonds is 16. The number of aliphatic hydroxyl groups excluding tert-OH is 2. The van der Waals surface area contributed by atoms with E-state index in [1.54, 1.807) is 6.08 Å². The maximum atomic E-state index is 10.9. The summed E-state index contributed by atoms with van der Waals surface area (Å²) in [5, 5.41) is 21.5. The Morgan fingerprint density at radius 3 is 1.92 bits per heavy atom. The molecule has 1 amide bonds. The molecule has 142 valence electrons. The van der Waals surface area contributed by atoms with Gasteiger partial charge in [-0.05, 0) is 12.8 Å². The normalized spacial score (nSPS) is 14.0. The molecule has 0 saturated heterocycles. The van der Waals surface area contributed by atoms with E-state index in [1.165, 1.54) is 71.1 Å². The maximum absolute atomic E-state index is 10.9. The Bertz CT molecular complexity index is 318. The highest BCUT2D eigenvalue weighted by molar-refractivity contribution is 5.73. The zero-order chi connectivity index (χ0) is 18.0. The molecule has 0 unspecified atom stereocenters. The Hall–Kier alpha value is -0.870. The van der Waals surface area contributed by atoms with Gasteiger partial charge in [0.2, 0.25) is 5.91 Å². The van der Waals surface area contributed by atoms with Gasteiger partial charge < -0.3 is 15.5 Å². The SMILES string of the molecule is CCCCCCCCCCCCCC=C[C@@H](O)[C@H](CO)NC(C)=O. The van der Waals surface area contributed by atoms with Gasteiger partial charge in [0.15, 0.2) is 0 Å². The third-order valence-electron chi connectivity index (χ3n) is 4.31. The van der Waals surface area contributed by atoms with Crippen molar-refractivity contribution < 1.29 is 15.0 Å². The lowest BCUT2D eigenvalue weighted by Gasteiger charge is -2.18. The minimum absolute atomic E-state index is 0.244. The molecule has 0 spiro atoms. The summed E-state index contributed by atoms with van der Waals surface area (Å²) in [7, 11) is 0. The van der Waals surface area contributed by atoms with E-state index < -0.39 is 12.1 Å². The van der Waals surface area contributed by atoms with Crippen LogP contribution in [0.25, 0.3) is 0 Å². The van der Waals surface area contributed by atoms with E-state index in [0.717, 1.165) is 12.8 Å². The van der Waals surface area contributed by atoms with Gasteiger partial charge >= 0.3 is 0 Å². The van der Waals surface area contributed by atoms with Crippen LogP contribution in [0.3, 0.4) is 0 Å². The Morgan fingerprint density at radius 2 is 1.46 bits per heavy atom. The number of aliphatic hydroxyl groups is 2. The van der Waals surface area contributed by atoms with Crippen LogP contribution < -0.4 is 5.32 Å². The average molecular weight is 342 g/mol. The Kier molecular flexibility index (Phi) is 16.4. The quantitative estimate of drug-likeness (QED) is 0.292. The predicted octanol–water partition coefficient (Wildman–Crippen LogP) is 4.10. The summed E-state index contributed by atoms with van der Waals surface area (Å²) in [6.45, 7) is 3.37. The van der Waals surface area contributed by atoms with Gasteiger partial charge in [0.1, 0.15) is 0 Å². The van der Waals surface area contributed by atoms with Gasteiger partial charge in [-0.15, -0.1) is 0 Å². The summed E-state index contributed by atoms with van der Waals surface area (Å²) in [5.41, 5.74) is 0. The molecule has 0 rings (SSSR count). The fourth-order valence-electron chi connectivity index (χ4n) is 2.80. The van der Waals surface area contributed by atoms with Gasteiger partial charge in [-0.25, -0.2) is 0 Å². The Balaban J connectivity index is 3.47. The van der Waals surface area contributed by atoms with Gasteiger partial charge in [-0.3, -0.25) is 4.79 Å². The van der Waals surface area contributed by atoms with Crippen LogP contribution in [-0.2, 0) is 4.79 Å². The maximum Gasteiger partial charge on any atom is 0.217 e. The third-order valence-corrected chi connectivity index (χ3v) is 4.31. The van der Waals surface area contributed by atoms with Gasteiger partial charge in [-0.1, -0.05) is 83.3 Å². The molecule has 0 aromatic carbocycles. The second-order valence-corrected chi connectivity index (χ2v) is 6.73. The van der Waals surface area contributed by atoms with Crippen molar-refractivity contribution in [3.63, 3.8) is 0 Å². The van der Waals surface area contributed by atoms with Crippen molar-refractivity contribution in [2.24, 2.45) is 0 Å². The van der Waals surface area contributed by atoms with Crippen LogP contribution in [0.15, 0.2) is 12.2 Å². The summed E-state index contributed by atoms with van der Waals surface area (Å²) in [6.07, 6.45) is 18.3. The Morgan fingerprint density at radius 1 is 0.958 bits per heavy atom. The average Bonchev–Trinajstić information content (AvgIpc) is 2.56.